The van der Waals surface area contributed by atoms with Crippen molar-refractivity contribution in [3.8, 4) is 23.0 Å². The first-order valence-corrected chi connectivity index (χ1v) is 11.1. The number of nitrogens with one attached hydrogen (secondary N) is 1. The lowest BCUT2D eigenvalue weighted by atomic mass is 9.84. The molecule has 32 heavy (non-hydrogen) atoms. The number of hydrogen-bond acceptors (Lipinski definition) is 5. The maximum absolute atomic E-state index is 13.2. The van der Waals surface area contributed by atoms with Gasteiger partial charge in [0.15, 0.2) is 11.5 Å². The minimum Gasteiger partial charge on any atom is -0.497 e. The van der Waals surface area contributed by atoms with Crippen LogP contribution in [0.2, 0.25) is 0 Å². The number of likely N-dealkylation sites (tertiary alicyclic amines) is 1. The van der Waals surface area contributed by atoms with Crippen molar-refractivity contribution in [1.29, 1.82) is 0 Å². The molecule has 7 heteroatoms. The van der Waals surface area contributed by atoms with Gasteiger partial charge < -0.3 is 29.2 Å². The van der Waals surface area contributed by atoms with E-state index in [9.17, 15) is 4.79 Å². The van der Waals surface area contributed by atoms with Crippen LogP contribution in [0, 0.1) is 0 Å². The lowest BCUT2D eigenvalue weighted by Crippen LogP contribution is -2.44. The topological polar surface area (TPSA) is 69.3 Å². The third kappa shape index (κ3) is 4.42. The molecule has 172 valence electrons. The molecule has 2 heterocycles. The number of carbonyl (C=O) groups is 1. The van der Waals surface area contributed by atoms with E-state index in [1.165, 1.54) is 0 Å². The Kier molecular flexibility index (Phi) is 6.35. The van der Waals surface area contributed by atoms with Crippen molar-refractivity contribution in [2.75, 3.05) is 40.5 Å². The van der Waals surface area contributed by atoms with Gasteiger partial charge in [-0.2, -0.15) is 0 Å². The van der Waals surface area contributed by atoms with Gasteiger partial charge in [-0.3, -0.25) is 0 Å². The Balaban J connectivity index is 1.45. The molecular weight excluding hydrogens is 408 g/mol. The Labute approximate surface area is 189 Å². The molecule has 1 atom stereocenters. The molecule has 0 bridgehead atoms. The molecule has 0 saturated carbocycles. The van der Waals surface area contributed by atoms with Gasteiger partial charge >= 0.3 is 6.03 Å². The van der Waals surface area contributed by atoms with Crippen LogP contribution in [0.15, 0.2) is 36.4 Å². The van der Waals surface area contributed by atoms with Gasteiger partial charge in [-0.25, -0.2) is 4.79 Å². The fraction of sp³-hybridized carbons (Fsp3) is 0.480. The van der Waals surface area contributed by atoms with Crippen LogP contribution in [-0.2, 0) is 5.41 Å². The normalized spacial score (nSPS) is 17.8. The van der Waals surface area contributed by atoms with Crippen molar-refractivity contribution < 1.29 is 23.7 Å². The Morgan fingerprint density at radius 1 is 1.09 bits per heavy atom. The molecule has 0 spiro atoms. The molecule has 2 aliphatic heterocycles. The lowest BCUT2D eigenvalue weighted by molar-refractivity contribution is 0.171. The first kappa shape index (κ1) is 22.1. The molecule has 1 N–H and O–H groups in total. The number of ether oxygens (including phenoxy) is 4. The van der Waals surface area contributed by atoms with Crippen LogP contribution in [0.1, 0.15) is 43.9 Å². The van der Waals surface area contributed by atoms with Gasteiger partial charge in [0.05, 0.1) is 20.3 Å². The summed E-state index contributed by atoms with van der Waals surface area (Å²) in [6.07, 6.45) is 1.86. The summed E-state index contributed by atoms with van der Waals surface area (Å²) in [6, 6.07) is 11.7. The van der Waals surface area contributed by atoms with E-state index in [0.29, 0.717) is 19.8 Å². The second-order valence-corrected chi connectivity index (χ2v) is 8.86. The number of benzene rings is 2. The van der Waals surface area contributed by atoms with Crippen LogP contribution in [0.4, 0.5) is 4.79 Å². The molecule has 2 aromatic carbocycles. The Bertz CT molecular complexity index is 975. The maximum atomic E-state index is 13.2. The van der Waals surface area contributed by atoms with Gasteiger partial charge in [-0.05, 0) is 42.7 Å². The number of nitrogens with zero attached hydrogens (tertiary/aromatic N) is 1. The summed E-state index contributed by atoms with van der Waals surface area (Å²) in [5, 5.41) is 3.15. The van der Waals surface area contributed by atoms with E-state index in [0.717, 1.165) is 53.5 Å². The van der Waals surface area contributed by atoms with Crippen molar-refractivity contribution in [2.45, 2.75) is 38.1 Å². The number of rotatable bonds is 6. The monoisotopic (exact) mass is 440 g/mol. The fourth-order valence-corrected chi connectivity index (χ4v) is 4.39. The molecule has 1 fully saturated rings. The highest BCUT2D eigenvalue weighted by Gasteiger charge is 2.33. The third-order valence-electron chi connectivity index (χ3n) is 6.32. The van der Waals surface area contributed by atoms with Crippen molar-refractivity contribution in [3.05, 3.63) is 47.5 Å². The zero-order valence-electron chi connectivity index (χ0n) is 19.3. The summed E-state index contributed by atoms with van der Waals surface area (Å²) in [5.41, 5.74) is 1.84. The van der Waals surface area contributed by atoms with E-state index in [4.69, 9.17) is 18.9 Å². The summed E-state index contributed by atoms with van der Waals surface area (Å²) in [4.78, 5) is 15.1. The molecule has 0 radical (unpaired) electrons. The van der Waals surface area contributed by atoms with E-state index in [1.807, 2.05) is 41.3 Å². The maximum Gasteiger partial charge on any atom is 0.317 e. The molecule has 2 aliphatic rings. The van der Waals surface area contributed by atoms with E-state index in [-0.39, 0.29) is 17.5 Å². The molecule has 0 aliphatic carbocycles. The Hall–Kier alpha value is -3.09. The highest BCUT2D eigenvalue weighted by Crippen LogP contribution is 2.39. The van der Waals surface area contributed by atoms with Crippen LogP contribution in [0.5, 0.6) is 23.0 Å². The zero-order valence-corrected chi connectivity index (χ0v) is 19.3. The summed E-state index contributed by atoms with van der Waals surface area (Å²) in [7, 11) is 3.28. The van der Waals surface area contributed by atoms with E-state index in [1.54, 1.807) is 14.2 Å². The summed E-state index contributed by atoms with van der Waals surface area (Å²) < 4.78 is 22.2. The first-order valence-electron chi connectivity index (χ1n) is 11.1. The van der Waals surface area contributed by atoms with Crippen molar-refractivity contribution >= 4 is 6.03 Å². The van der Waals surface area contributed by atoms with Gasteiger partial charge in [0, 0.05) is 30.1 Å². The van der Waals surface area contributed by atoms with Crippen LogP contribution < -0.4 is 24.3 Å². The van der Waals surface area contributed by atoms with Crippen molar-refractivity contribution in [3.63, 3.8) is 0 Å². The van der Waals surface area contributed by atoms with Crippen LogP contribution >= 0.6 is 0 Å². The average Bonchev–Trinajstić information content (AvgIpc) is 3.31. The van der Waals surface area contributed by atoms with Crippen molar-refractivity contribution in [1.82, 2.24) is 10.2 Å². The lowest BCUT2D eigenvalue weighted by Gasteiger charge is -2.31. The van der Waals surface area contributed by atoms with Gasteiger partial charge in [0.2, 0.25) is 0 Å². The van der Waals surface area contributed by atoms with Gasteiger partial charge in [0.1, 0.15) is 24.7 Å². The van der Waals surface area contributed by atoms with Crippen molar-refractivity contribution in [2.24, 2.45) is 0 Å². The highest BCUT2D eigenvalue weighted by atomic mass is 16.6. The Morgan fingerprint density at radius 2 is 1.88 bits per heavy atom. The molecule has 7 nitrogen and oxygen atoms in total. The minimum absolute atomic E-state index is 0.0201. The molecule has 4 rings (SSSR count). The first-order chi connectivity index (χ1) is 15.4. The standard InChI is InChI=1S/C25H32N2O5/c1-25(2,17-7-10-21-23(14-17)32-13-12-31-21)16-26-24(28)27-11-5-6-20(27)19-9-8-18(29-3)15-22(19)30-4/h7-10,14-15,20H,5-6,11-13,16H2,1-4H3,(H,26,28). The molecule has 2 aromatic rings. The Morgan fingerprint density at radius 3 is 2.62 bits per heavy atom. The largest absolute Gasteiger partial charge is 0.497 e. The quantitative estimate of drug-likeness (QED) is 0.725. The zero-order chi connectivity index (χ0) is 22.7. The second-order valence-electron chi connectivity index (χ2n) is 8.86. The van der Waals surface area contributed by atoms with E-state index in [2.05, 4.69) is 19.2 Å². The van der Waals surface area contributed by atoms with Crippen LogP contribution in [0.25, 0.3) is 0 Å². The predicted molar refractivity (Wildman–Crippen MR) is 122 cm³/mol. The van der Waals surface area contributed by atoms with E-state index >= 15 is 0 Å². The average molecular weight is 441 g/mol. The number of fused-ring (bicyclic) bond motifs is 1. The van der Waals surface area contributed by atoms with Crippen LogP contribution in [0.3, 0.4) is 0 Å². The van der Waals surface area contributed by atoms with Gasteiger partial charge in [-0.1, -0.05) is 19.9 Å². The summed E-state index contributed by atoms with van der Waals surface area (Å²) in [6.45, 7) is 6.59. The second kappa shape index (κ2) is 9.18. The molecular formula is C25H32N2O5. The molecule has 0 aromatic heterocycles. The summed E-state index contributed by atoms with van der Waals surface area (Å²) in [5.74, 6) is 3.01. The van der Waals surface area contributed by atoms with Gasteiger partial charge in [-0.15, -0.1) is 0 Å². The molecule has 2 amide bonds. The molecule has 1 unspecified atom stereocenters. The summed E-state index contributed by atoms with van der Waals surface area (Å²) >= 11 is 0. The molecule has 1 saturated heterocycles. The number of amides is 2. The highest BCUT2D eigenvalue weighted by molar-refractivity contribution is 5.75. The van der Waals surface area contributed by atoms with Gasteiger partial charge in [0.25, 0.3) is 0 Å². The van der Waals surface area contributed by atoms with Crippen LogP contribution in [-0.4, -0.2) is 51.5 Å². The number of carbonyl (C=O) groups excluding carboxylic acids is 1. The predicted octanol–water partition coefficient (Wildman–Crippen LogP) is 4.30. The third-order valence-corrected chi connectivity index (χ3v) is 6.32. The SMILES string of the molecule is COc1ccc(C2CCCN2C(=O)NCC(C)(C)c2ccc3c(c2)OCCO3)c(OC)c1. The minimum atomic E-state index is -0.265. The number of methoxy groups -OCH3 is 2. The number of hydrogen-bond donors (Lipinski definition) is 1. The number of urea groups is 1. The smallest absolute Gasteiger partial charge is 0.317 e. The fourth-order valence-electron chi connectivity index (χ4n) is 4.39. The van der Waals surface area contributed by atoms with E-state index < -0.39 is 0 Å².